The highest BCUT2D eigenvalue weighted by molar-refractivity contribution is 6.31. The van der Waals surface area contributed by atoms with Crippen LogP contribution in [0.4, 0.5) is 5.69 Å². The number of hydrogen-bond acceptors (Lipinski definition) is 3. The number of imide groups is 1. The SMILES string of the molecule is Cc1ccc(NC(=O)[C@H](C)N2C(=O)[C@@H]3[C@H]4C=C[C@@H]([C@@H]5C[C@@H]45)[C@H]3C2=O)cc1Cl. The van der Waals surface area contributed by atoms with Crippen LogP contribution in [0.25, 0.3) is 0 Å². The maximum absolute atomic E-state index is 13.1. The van der Waals surface area contributed by atoms with Gasteiger partial charge in [0.2, 0.25) is 17.7 Å². The molecule has 3 fully saturated rings. The van der Waals surface area contributed by atoms with Crippen LogP contribution in [0.1, 0.15) is 18.9 Å². The zero-order valence-electron chi connectivity index (χ0n) is 15.2. The summed E-state index contributed by atoms with van der Waals surface area (Å²) in [5, 5.41) is 3.34. The number of likely N-dealkylation sites (tertiary alicyclic amines) is 1. The number of nitrogens with one attached hydrogen (secondary N) is 1. The first-order valence-corrected chi connectivity index (χ1v) is 9.88. The second kappa shape index (κ2) is 5.68. The minimum absolute atomic E-state index is 0.164. The van der Waals surface area contributed by atoms with Crippen LogP contribution in [-0.2, 0) is 14.4 Å². The molecule has 0 spiro atoms. The molecule has 0 unspecified atom stereocenters. The number of anilines is 1. The smallest absolute Gasteiger partial charge is 0.247 e. The number of amides is 3. The molecule has 140 valence electrons. The fourth-order valence-electron chi connectivity index (χ4n) is 5.40. The molecule has 6 rings (SSSR count). The molecule has 7 atom stereocenters. The van der Waals surface area contributed by atoms with Crippen molar-refractivity contribution in [1.82, 2.24) is 4.90 Å². The Morgan fingerprint density at radius 1 is 1.15 bits per heavy atom. The van der Waals surface area contributed by atoms with Crippen molar-refractivity contribution < 1.29 is 14.4 Å². The third-order valence-electron chi connectivity index (χ3n) is 6.90. The molecule has 0 radical (unpaired) electrons. The molecule has 1 saturated heterocycles. The van der Waals surface area contributed by atoms with Gasteiger partial charge in [-0.25, -0.2) is 0 Å². The van der Waals surface area contributed by atoms with Crippen LogP contribution in [0.15, 0.2) is 30.4 Å². The van der Waals surface area contributed by atoms with E-state index in [0.29, 0.717) is 22.5 Å². The molecule has 1 aromatic carbocycles. The molecule has 2 bridgehead atoms. The van der Waals surface area contributed by atoms with Crippen molar-refractivity contribution in [3.05, 3.63) is 40.9 Å². The first-order chi connectivity index (χ1) is 12.9. The van der Waals surface area contributed by atoms with Crippen LogP contribution in [0.2, 0.25) is 5.02 Å². The minimum atomic E-state index is -0.841. The lowest BCUT2D eigenvalue weighted by Crippen LogP contribution is -2.46. The molecule has 5 nitrogen and oxygen atoms in total. The summed E-state index contributed by atoms with van der Waals surface area (Å²) in [5.74, 6) is 0.142. The van der Waals surface area contributed by atoms with Gasteiger partial charge < -0.3 is 5.32 Å². The Hall–Kier alpha value is -2.14. The maximum atomic E-state index is 13.1. The number of nitrogens with zero attached hydrogens (tertiary/aromatic N) is 1. The highest BCUT2D eigenvalue weighted by Crippen LogP contribution is 2.65. The van der Waals surface area contributed by atoms with Crippen LogP contribution in [0, 0.1) is 42.4 Å². The molecule has 1 aromatic rings. The largest absolute Gasteiger partial charge is 0.324 e. The Kier molecular flexibility index (Phi) is 3.57. The van der Waals surface area contributed by atoms with Gasteiger partial charge in [-0.3, -0.25) is 19.3 Å². The molecule has 4 aliphatic carbocycles. The third kappa shape index (κ3) is 2.34. The van der Waals surface area contributed by atoms with E-state index in [1.807, 2.05) is 13.0 Å². The predicted octanol–water partition coefficient (Wildman–Crippen LogP) is 3.03. The van der Waals surface area contributed by atoms with E-state index in [4.69, 9.17) is 11.6 Å². The number of halogens is 1. The number of allylic oxidation sites excluding steroid dienone is 2. The summed E-state index contributed by atoms with van der Waals surface area (Å²) in [6.45, 7) is 3.50. The number of rotatable bonds is 3. The summed E-state index contributed by atoms with van der Waals surface area (Å²) in [7, 11) is 0. The van der Waals surface area contributed by atoms with Gasteiger partial charge in [0, 0.05) is 10.7 Å². The average Bonchev–Trinajstić information content (AvgIpc) is 3.42. The van der Waals surface area contributed by atoms with E-state index < -0.39 is 6.04 Å². The molecular weight excluding hydrogens is 364 g/mol. The van der Waals surface area contributed by atoms with Crippen molar-refractivity contribution in [1.29, 1.82) is 0 Å². The van der Waals surface area contributed by atoms with Crippen molar-refractivity contribution in [2.75, 3.05) is 5.32 Å². The normalized spacial score (nSPS) is 36.5. The molecule has 0 aromatic heterocycles. The lowest BCUT2D eigenvalue weighted by Gasteiger charge is -2.37. The molecule has 2 saturated carbocycles. The molecule has 3 amide bonds. The average molecular weight is 385 g/mol. The molecule has 1 aliphatic heterocycles. The fraction of sp³-hybridized carbons (Fsp3) is 0.476. The zero-order valence-corrected chi connectivity index (χ0v) is 15.9. The lowest BCUT2D eigenvalue weighted by atomic mass is 9.63. The van der Waals surface area contributed by atoms with Gasteiger partial charge in [-0.05, 0) is 61.6 Å². The van der Waals surface area contributed by atoms with E-state index in [1.165, 1.54) is 4.90 Å². The van der Waals surface area contributed by atoms with Gasteiger partial charge in [0.15, 0.2) is 0 Å². The van der Waals surface area contributed by atoms with Gasteiger partial charge in [-0.15, -0.1) is 0 Å². The summed E-state index contributed by atoms with van der Waals surface area (Å²) >= 11 is 6.11. The second-order valence-electron chi connectivity index (χ2n) is 8.33. The van der Waals surface area contributed by atoms with Gasteiger partial charge in [0.05, 0.1) is 11.8 Å². The summed E-state index contributed by atoms with van der Waals surface area (Å²) in [6, 6.07) is 4.41. The standard InChI is InChI=1S/C21H21ClN2O3/c1-9-3-4-11(7-16(9)22)23-19(25)10(2)24-20(26)17-12-5-6-13(15-8-14(12)15)18(17)21(24)27/h3-7,10,12-15,17-18H,8H2,1-2H3,(H,23,25)/t10-,12-,13-,14-,15-,17+,18+/m0/s1. The number of hydrogen-bond donors (Lipinski definition) is 1. The number of aryl methyl sites for hydroxylation is 1. The monoisotopic (exact) mass is 384 g/mol. The lowest BCUT2D eigenvalue weighted by molar-refractivity contribution is -0.146. The summed E-state index contributed by atoms with van der Waals surface area (Å²) in [6.07, 6.45) is 5.39. The van der Waals surface area contributed by atoms with Crippen LogP contribution in [-0.4, -0.2) is 28.7 Å². The van der Waals surface area contributed by atoms with Gasteiger partial charge in [-0.2, -0.15) is 0 Å². The number of carbonyl (C=O) groups is 3. The number of benzene rings is 1. The predicted molar refractivity (Wildman–Crippen MR) is 101 cm³/mol. The van der Waals surface area contributed by atoms with Crippen molar-refractivity contribution in [2.45, 2.75) is 26.3 Å². The first kappa shape index (κ1) is 17.0. The van der Waals surface area contributed by atoms with E-state index in [2.05, 4.69) is 17.5 Å². The molecule has 27 heavy (non-hydrogen) atoms. The van der Waals surface area contributed by atoms with Crippen LogP contribution in [0.3, 0.4) is 0 Å². The van der Waals surface area contributed by atoms with Crippen molar-refractivity contribution in [2.24, 2.45) is 35.5 Å². The summed E-state index contributed by atoms with van der Waals surface area (Å²) < 4.78 is 0. The van der Waals surface area contributed by atoms with E-state index in [0.717, 1.165) is 12.0 Å². The Bertz CT molecular complexity index is 875. The Labute approximate surface area is 162 Å². The maximum Gasteiger partial charge on any atom is 0.247 e. The highest BCUT2D eigenvalue weighted by atomic mass is 35.5. The molecule has 1 heterocycles. The number of carbonyl (C=O) groups excluding carboxylic acids is 3. The Morgan fingerprint density at radius 3 is 2.30 bits per heavy atom. The minimum Gasteiger partial charge on any atom is -0.324 e. The zero-order chi connectivity index (χ0) is 19.0. The first-order valence-electron chi connectivity index (χ1n) is 9.50. The quantitative estimate of drug-likeness (QED) is 0.643. The highest BCUT2D eigenvalue weighted by Gasteiger charge is 2.67. The van der Waals surface area contributed by atoms with Crippen molar-refractivity contribution in [3.8, 4) is 0 Å². The van der Waals surface area contributed by atoms with Gasteiger partial charge in [0.25, 0.3) is 0 Å². The summed E-state index contributed by atoms with van der Waals surface area (Å²) in [4.78, 5) is 40.1. The van der Waals surface area contributed by atoms with Gasteiger partial charge >= 0.3 is 0 Å². The van der Waals surface area contributed by atoms with Crippen molar-refractivity contribution >= 4 is 35.0 Å². The van der Waals surface area contributed by atoms with Gasteiger partial charge in [0.1, 0.15) is 6.04 Å². The van der Waals surface area contributed by atoms with Gasteiger partial charge in [-0.1, -0.05) is 29.8 Å². The Balaban J connectivity index is 1.37. The Morgan fingerprint density at radius 2 is 1.74 bits per heavy atom. The molecule has 6 heteroatoms. The topological polar surface area (TPSA) is 66.5 Å². The fourth-order valence-corrected chi connectivity index (χ4v) is 5.58. The summed E-state index contributed by atoms with van der Waals surface area (Å²) in [5.41, 5.74) is 1.47. The van der Waals surface area contributed by atoms with E-state index in [-0.39, 0.29) is 41.4 Å². The van der Waals surface area contributed by atoms with E-state index in [1.54, 1.807) is 19.1 Å². The second-order valence-corrected chi connectivity index (χ2v) is 8.74. The van der Waals surface area contributed by atoms with E-state index >= 15 is 0 Å². The van der Waals surface area contributed by atoms with Crippen LogP contribution < -0.4 is 5.32 Å². The third-order valence-corrected chi connectivity index (χ3v) is 7.31. The molecule has 1 N–H and O–H groups in total. The molecule has 5 aliphatic rings. The molecular formula is C21H21ClN2O3. The van der Waals surface area contributed by atoms with Crippen molar-refractivity contribution in [3.63, 3.8) is 0 Å². The van der Waals surface area contributed by atoms with Crippen LogP contribution >= 0.6 is 11.6 Å². The van der Waals surface area contributed by atoms with Crippen LogP contribution in [0.5, 0.6) is 0 Å². The van der Waals surface area contributed by atoms with E-state index in [9.17, 15) is 14.4 Å².